The number of benzene rings is 1. The van der Waals surface area contributed by atoms with E-state index in [-0.39, 0.29) is 5.91 Å². The van der Waals surface area contributed by atoms with E-state index in [1.54, 1.807) is 12.4 Å². The predicted molar refractivity (Wildman–Crippen MR) is 121 cm³/mol. The van der Waals surface area contributed by atoms with Crippen molar-refractivity contribution in [1.82, 2.24) is 20.2 Å². The van der Waals surface area contributed by atoms with Crippen LogP contribution in [0.3, 0.4) is 0 Å². The number of aromatic nitrogens is 2. The zero-order chi connectivity index (χ0) is 21.2. The van der Waals surface area contributed by atoms with Crippen LogP contribution in [-0.2, 0) is 11.3 Å². The molecule has 2 heterocycles. The Bertz CT molecular complexity index is 832. The van der Waals surface area contributed by atoms with Gasteiger partial charge >= 0.3 is 0 Å². The van der Waals surface area contributed by atoms with Gasteiger partial charge in [0.05, 0.1) is 6.54 Å². The quantitative estimate of drug-likeness (QED) is 0.540. The fourth-order valence-corrected chi connectivity index (χ4v) is 3.36. The van der Waals surface area contributed by atoms with Crippen LogP contribution in [0, 0.1) is 0 Å². The topological polar surface area (TPSA) is 85.8 Å². The van der Waals surface area contributed by atoms with E-state index in [4.69, 9.17) is 4.99 Å². The second kappa shape index (κ2) is 11.1. The van der Waals surface area contributed by atoms with Gasteiger partial charge < -0.3 is 20.4 Å². The second-order valence-electron chi connectivity index (χ2n) is 7.19. The van der Waals surface area contributed by atoms with Crippen LogP contribution in [-0.4, -0.2) is 59.5 Å². The molecule has 0 spiro atoms. The summed E-state index contributed by atoms with van der Waals surface area (Å²) >= 11 is 0. The molecule has 8 nitrogen and oxygen atoms in total. The SMILES string of the molecule is CCCC(=O)Nc1cccc(CN=C(NCC)N2CCN(c3ncccn3)CC2)c1. The average Bonchev–Trinajstić information content (AvgIpc) is 2.78. The van der Waals surface area contributed by atoms with Crippen LogP contribution in [0.25, 0.3) is 0 Å². The van der Waals surface area contributed by atoms with Gasteiger partial charge in [0.1, 0.15) is 0 Å². The molecule has 0 aliphatic carbocycles. The number of piperazine rings is 1. The minimum atomic E-state index is 0.0479. The summed E-state index contributed by atoms with van der Waals surface area (Å²) < 4.78 is 0. The molecule has 1 amide bonds. The maximum absolute atomic E-state index is 11.8. The summed E-state index contributed by atoms with van der Waals surface area (Å²) in [6, 6.07) is 9.73. The molecule has 1 aliphatic heterocycles. The third-order valence-corrected chi connectivity index (χ3v) is 4.85. The largest absolute Gasteiger partial charge is 0.357 e. The standard InChI is InChI=1S/C22H31N7O/c1-3-7-20(30)27-19-9-5-8-18(16-19)17-26-21(23-4-2)28-12-14-29(15-13-28)22-24-10-6-11-25-22/h5-6,8-11,16H,3-4,7,12-15,17H2,1-2H3,(H,23,26)(H,27,30). The highest BCUT2D eigenvalue weighted by molar-refractivity contribution is 5.90. The number of aliphatic imine (C=N–C) groups is 1. The molecule has 1 aliphatic rings. The third kappa shape index (κ3) is 6.17. The van der Waals surface area contributed by atoms with Crippen LogP contribution in [0.4, 0.5) is 11.6 Å². The second-order valence-corrected chi connectivity index (χ2v) is 7.19. The molecule has 1 aromatic heterocycles. The Morgan fingerprint density at radius 1 is 1.10 bits per heavy atom. The Labute approximate surface area is 178 Å². The molecular weight excluding hydrogens is 378 g/mol. The van der Waals surface area contributed by atoms with Gasteiger partial charge in [-0.05, 0) is 37.1 Å². The first-order valence-corrected chi connectivity index (χ1v) is 10.6. The Balaban J connectivity index is 1.60. The smallest absolute Gasteiger partial charge is 0.225 e. The average molecular weight is 410 g/mol. The number of anilines is 2. The summed E-state index contributed by atoms with van der Waals surface area (Å²) in [6.07, 6.45) is 4.93. The number of amides is 1. The molecule has 30 heavy (non-hydrogen) atoms. The van der Waals surface area contributed by atoms with Crippen molar-refractivity contribution in [1.29, 1.82) is 0 Å². The van der Waals surface area contributed by atoms with Crippen molar-refractivity contribution >= 4 is 23.5 Å². The summed E-state index contributed by atoms with van der Waals surface area (Å²) in [7, 11) is 0. The highest BCUT2D eigenvalue weighted by Gasteiger charge is 2.21. The van der Waals surface area contributed by atoms with E-state index in [1.165, 1.54) is 0 Å². The number of nitrogens with one attached hydrogen (secondary N) is 2. The minimum Gasteiger partial charge on any atom is -0.357 e. The summed E-state index contributed by atoms with van der Waals surface area (Å²) in [5, 5.41) is 6.35. The first-order valence-electron chi connectivity index (χ1n) is 10.6. The fourth-order valence-electron chi connectivity index (χ4n) is 3.36. The summed E-state index contributed by atoms with van der Waals surface area (Å²) in [4.78, 5) is 29.8. The van der Waals surface area contributed by atoms with Crippen molar-refractivity contribution in [2.45, 2.75) is 33.2 Å². The van der Waals surface area contributed by atoms with E-state index < -0.39 is 0 Å². The lowest BCUT2D eigenvalue weighted by atomic mass is 10.2. The normalized spacial score (nSPS) is 14.5. The molecule has 2 aromatic rings. The van der Waals surface area contributed by atoms with E-state index in [9.17, 15) is 4.79 Å². The number of nitrogens with zero attached hydrogens (tertiary/aromatic N) is 5. The first kappa shape index (κ1) is 21.5. The lowest BCUT2D eigenvalue weighted by Gasteiger charge is -2.36. The molecule has 1 saturated heterocycles. The molecule has 1 fully saturated rings. The summed E-state index contributed by atoms with van der Waals surface area (Å²) in [5.41, 5.74) is 1.89. The van der Waals surface area contributed by atoms with E-state index in [0.717, 1.165) is 62.3 Å². The number of carbonyl (C=O) groups is 1. The number of guanidine groups is 1. The van der Waals surface area contributed by atoms with Gasteiger partial charge in [-0.25, -0.2) is 15.0 Å². The Morgan fingerprint density at radius 3 is 2.57 bits per heavy atom. The Morgan fingerprint density at radius 2 is 1.87 bits per heavy atom. The van der Waals surface area contributed by atoms with Crippen molar-refractivity contribution in [3.8, 4) is 0 Å². The van der Waals surface area contributed by atoms with Crippen molar-refractivity contribution < 1.29 is 4.79 Å². The predicted octanol–water partition coefficient (Wildman–Crippen LogP) is 2.50. The van der Waals surface area contributed by atoms with Gasteiger partial charge in [-0.3, -0.25) is 4.79 Å². The van der Waals surface area contributed by atoms with Crippen LogP contribution in [0.2, 0.25) is 0 Å². The van der Waals surface area contributed by atoms with Crippen LogP contribution in [0.1, 0.15) is 32.3 Å². The number of hydrogen-bond donors (Lipinski definition) is 2. The highest BCUT2D eigenvalue weighted by atomic mass is 16.1. The molecule has 160 valence electrons. The van der Waals surface area contributed by atoms with Crippen molar-refractivity contribution in [3.05, 3.63) is 48.3 Å². The molecule has 0 saturated carbocycles. The van der Waals surface area contributed by atoms with Gasteiger partial charge in [0.15, 0.2) is 5.96 Å². The van der Waals surface area contributed by atoms with Gasteiger partial charge in [-0.1, -0.05) is 19.1 Å². The van der Waals surface area contributed by atoms with E-state index in [1.807, 2.05) is 37.3 Å². The maximum Gasteiger partial charge on any atom is 0.225 e. The van der Waals surface area contributed by atoms with Crippen molar-refractivity contribution in [2.75, 3.05) is 42.9 Å². The van der Waals surface area contributed by atoms with Gasteiger partial charge in [-0.15, -0.1) is 0 Å². The molecular formula is C22H31N7O. The summed E-state index contributed by atoms with van der Waals surface area (Å²) in [6.45, 7) is 8.87. The van der Waals surface area contributed by atoms with Gasteiger partial charge in [0.2, 0.25) is 11.9 Å². The van der Waals surface area contributed by atoms with E-state index >= 15 is 0 Å². The van der Waals surface area contributed by atoms with Gasteiger partial charge in [-0.2, -0.15) is 0 Å². The number of hydrogen-bond acceptors (Lipinski definition) is 5. The van der Waals surface area contributed by atoms with Crippen LogP contribution < -0.4 is 15.5 Å². The fraction of sp³-hybridized carbons (Fsp3) is 0.455. The van der Waals surface area contributed by atoms with Crippen LogP contribution >= 0.6 is 0 Å². The molecule has 1 aromatic carbocycles. The third-order valence-electron chi connectivity index (χ3n) is 4.85. The Hall–Kier alpha value is -3.16. The summed E-state index contributed by atoms with van der Waals surface area (Å²) in [5.74, 6) is 1.74. The van der Waals surface area contributed by atoms with Gasteiger partial charge in [0, 0.05) is 57.2 Å². The van der Waals surface area contributed by atoms with E-state index in [2.05, 4.69) is 37.3 Å². The molecule has 2 N–H and O–H groups in total. The minimum absolute atomic E-state index is 0.0479. The number of rotatable bonds is 7. The molecule has 0 atom stereocenters. The highest BCUT2D eigenvalue weighted by Crippen LogP contribution is 2.14. The van der Waals surface area contributed by atoms with Crippen molar-refractivity contribution in [3.63, 3.8) is 0 Å². The molecule has 8 heteroatoms. The first-order chi connectivity index (χ1) is 14.7. The van der Waals surface area contributed by atoms with Crippen LogP contribution in [0.5, 0.6) is 0 Å². The molecule has 0 unspecified atom stereocenters. The molecule has 0 bridgehead atoms. The molecule has 0 radical (unpaired) electrons. The monoisotopic (exact) mass is 409 g/mol. The number of carbonyl (C=O) groups excluding carboxylic acids is 1. The van der Waals surface area contributed by atoms with Crippen molar-refractivity contribution in [2.24, 2.45) is 4.99 Å². The maximum atomic E-state index is 11.8. The molecule has 3 rings (SSSR count). The van der Waals surface area contributed by atoms with Crippen LogP contribution in [0.15, 0.2) is 47.7 Å². The zero-order valence-electron chi connectivity index (χ0n) is 17.8. The lowest BCUT2D eigenvalue weighted by Crippen LogP contribution is -2.52. The van der Waals surface area contributed by atoms with Gasteiger partial charge in [0.25, 0.3) is 0 Å². The van der Waals surface area contributed by atoms with E-state index in [0.29, 0.717) is 13.0 Å². The lowest BCUT2D eigenvalue weighted by molar-refractivity contribution is -0.116. The zero-order valence-corrected chi connectivity index (χ0v) is 17.8. The Kier molecular flexibility index (Phi) is 8.00.